The summed E-state index contributed by atoms with van der Waals surface area (Å²) in [6, 6.07) is 17.2. The van der Waals surface area contributed by atoms with Crippen molar-refractivity contribution in [3.63, 3.8) is 0 Å². The van der Waals surface area contributed by atoms with Crippen LogP contribution in [0.3, 0.4) is 0 Å². The molecule has 1 amide bonds. The predicted molar refractivity (Wildman–Crippen MR) is 133 cm³/mol. The number of nitrogens with zero attached hydrogens (tertiary/aromatic N) is 1. The first kappa shape index (κ1) is 21.2. The molecule has 2 fully saturated rings. The molecule has 0 saturated carbocycles. The number of carbonyl (C=O) groups excluding carboxylic acids is 2. The Morgan fingerprint density at radius 2 is 2.03 bits per heavy atom. The molecule has 5 nitrogen and oxygen atoms in total. The Morgan fingerprint density at radius 1 is 1.21 bits per heavy atom. The van der Waals surface area contributed by atoms with Crippen molar-refractivity contribution in [3.8, 4) is 5.75 Å². The number of halogens is 1. The number of fused-ring (bicyclic) bond motifs is 4. The van der Waals surface area contributed by atoms with Crippen LogP contribution >= 0.6 is 34.7 Å². The minimum Gasteiger partial charge on any atom is -0.497 e. The standard InChI is InChI=1S/C25H21ClN2O3S2/c1-31-16-8-9-18-17(11-16)25(24(30)27-18)22(23(29)20-3-2-10-33-20)21(19-12-32-13-28(19)25)14-4-6-15(26)7-5-14/h2-11,19,21-22H,12-13H2,1H3,(H,27,30)/t19-,21-,22+,25-/m1/s1. The first-order valence-electron chi connectivity index (χ1n) is 10.7. The van der Waals surface area contributed by atoms with Crippen LogP contribution in [-0.2, 0) is 10.3 Å². The Hall–Kier alpha value is -2.32. The van der Waals surface area contributed by atoms with Crippen LogP contribution < -0.4 is 10.1 Å². The lowest BCUT2D eigenvalue weighted by Crippen LogP contribution is -2.52. The van der Waals surface area contributed by atoms with Crippen LogP contribution in [0.5, 0.6) is 5.75 Å². The van der Waals surface area contributed by atoms with Gasteiger partial charge in [0.25, 0.3) is 0 Å². The number of Topliss-reactive ketones (excluding diaryl/α,β-unsaturated/α-hetero) is 1. The molecule has 4 heterocycles. The van der Waals surface area contributed by atoms with Crippen molar-refractivity contribution in [3.05, 3.63) is 81.0 Å². The second-order valence-corrected chi connectivity index (χ2v) is 10.9. The number of thiophene rings is 1. The third-order valence-corrected chi connectivity index (χ3v) is 9.30. The number of anilines is 1. The average molecular weight is 497 g/mol. The summed E-state index contributed by atoms with van der Waals surface area (Å²) in [6.07, 6.45) is 0. The maximum Gasteiger partial charge on any atom is 0.250 e. The Balaban J connectivity index is 1.62. The van der Waals surface area contributed by atoms with Gasteiger partial charge in [-0.2, -0.15) is 0 Å². The number of hydrogen-bond donors (Lipinski definition) is 1. The van der Waals surface area contributed by atoms with Gasteiger partial charge in [-0.15, -0.1) is 23.1 Å². The van der Waals surface area contributed by atoms with Gasteiger partial charge in [0, 0.05) is 39.9 Å². The van der Waals surface area contributed by atoms with Crippen molar-refractivity contribution in [1.82, 2.24) is 4.90 Å². The molecular weight excluding hydrogens is 476 g/mol. The number of nitrogens with one attached hydrogen (secondary N) is 1. The molecule has 0 radical (unpaired) electrons. The third kappa shape index (κ3) is 2.96. The fourth-order valence-corrected chi connectivity index (χ4v) is 7.97. The number of ketones is 1. The SMILES string of the molecule is COc1ccc2c(c1)[C@]1(C(=O)N2)[C@H](C(=O)c2cccs2)[C@H](c2ccc(Cl)cc2)[C@H]2CSCN21. The molecule has 0 unspecified atom stereocenters. The Kier molecular flexibility index (Phi) is 5.07. The Morgan fingerprint density at radius 3 is 2.76 bits per heavy atom. The normalized spacial score (nSPS) is 28.1. The van der Waals surface area contributed by atoms with E-state index in [-0.39, 0.29) is 23.7 Å². The van der Waals surface area contributed by atoms with Crippen LogP contribution in [0.15, 0.2) is 60.0 Å². The number of hydrogen-bond acceptors (Lipinski definition) is 6. The van der Waals surface area contributed by atoms with Gasteiger partial charge in [0.05, 0.1) is 17.9 Å². The van der Waals surface area contributed by atoms with Gasteiger partial charge in [0.15, 0.2) is 5.78 Å². The van der Waals surface area contributed by atoms with Gasteiger partial charge in [0.2, 0.25) is 5.91 Å². The van der Waals surface area contributed by atoms with Crippen LogP contribution in [0.1, 0.15) is 26.7 Å². The first-order chi connectivity index (χ1) is 16.1. The van der Waals surface area contributed by atoms with E-state index < -0.39 is 11.5 Å². The van der Waals surface area contributed by atoms with Crippen LogP contribution in [0.25, 0.3) is 0 Å². The monoisotopic (exact) mass is 496 g/mol. The van der Waals surface area contributed by atoms with E-state index in [1.807, 2.05) is 60.0 Å². The molecule has 33 heavy (non-hydrogen) atoms. The van der Waals surface area contributed by atoms with Crippen molar-refractivity contribution >= 4 is 52.1 Å². The summed E-state index contributed by atoms with van der Waals surface area (Å²) in [7, 11) is 1.62. The van der Waals surface area contributed by atoms with Crippen LogP contribution in [-0.4, -0.2) is 41.4 Å². The summed E-state index contributed by atoms with van der Waals surface area (Å²) in [5.74, 6) is 1.37. The van der Waals surface area contributed by atoms with E-state index >= 15 is 0 Å². The molecule has 0 bridgehead atoms. The zero-order valence-corrected chi connectivity index (χ0v) is 20.2. The molecule has 3 aliphatic heterocycles. The van der Waals surface area contributed by atoms with E-state index in [0.29, 0.717) is 21.5 Å². The molecule has 2 aromatic carbocycles. The number of amides is 1. The smallest absolute Gasteiger partial charge is 0.250 e. The van der Waals surface area contributed by atoms with E-state index in [2.05, 4.69) is 10.2 Å². The van der Waals surface area contributed by atoms with E-state index in [9.17, 15) is 9.59 Å². The maximum absolute atomic E-state index is 14.2. The van der Waals surface area contributed by atoms with Crippen LogP contribution in [0.2, 0.25) is 5.02 Å². The average Bonchev–Trinajstić information content (AvgIpc) is 3.60. The molecule has 2 saturated heterocycles. The van der Waals surface area contributed by atoms with Gasteiger partial charge < -0.3 is 10.1 Å². The molecule has 1 aromatic heterocycles. The summed E-state index contributed by atoms with van der Waals surface area (Å²) in [5, 5.41) is 5.65. The van der Waals surface area contributed by atoms with Crippen molar-refractivity contribution in [2.24, 2.45) is 5.92 Å². The lowest BCUT2D eigenvalue weighted by molar-refractivity contribution is -0.127. The molecule has 1 spiro atoms. The number of rotatable bonds is 4. The fraction of sp³-hybridized carbons (Fsp3) is 0.280. The summed E-state index contributed by atoms with van der Waals surface area (Å²) in [5.41, 5.74) is 1.51. The maximum atomic E-state index is 14.2. The molecule has 3 aliphatic rings. The lowest BCUT2D eigenvalue weighted by Gasteiger charge is -2.36. The van der Waals surface area contributed by atoms with Crippen molar-refractivity contribution in [2.75, 3.05) is 24.1 Å². The summed E-state index contributed by atoms with van der Waals surface area (Å²) < 4.78 is 5.52. The van der Waals surface area contributed by atoms with E-state index in [0.717, 1.165) is 22.6 Å². The zero-order valence-electron chi connectivity index (χ0n) is 17.8. The van der Waals surface area contributed by atoms with Crippen LogP contribution in [0, 0.1) is 5.92 Å². The molecule has 4 atom stereocenters. The van der Waals surface area contributed by atoms with E-state index in [4.69, 9.17) is 16.3 Å². The largest absolute Gasteiger partial charge is 0.497 e. The Labute approximate surface area is 205 Å². The first-order valence-corrected chi connectivity index (χ1v) is 13.1. The number of carbonyl (C=O) groups is 2. The van der Waals surface area contributed by atoms with E-state index in [1.54, 1.807) is 18.9 Å². The minimum atomic E-state index is -1.09. The molecule has 8 heteroatoms. The quantitative estimate of drug-likeness (QED) is 0.501. The second kappa shape index (κ2) is 7.87. The zero-order chi connectivity index (χ0) is 22.7. The van der Waals surface area contributed by atoms with Gasteiger partial charge in [-0.3, -0.25) is 14.5 Å². The number of thioether (sulfide) groups is 1. The van der Waals surface area contributed by atoms with Gasteiger partial charge in [-0.25, -0.2) is 0 Å². The third-order valence-electron chi connectivity index (χ3n) is 7.13. The highest BCUT2D eigenvalue weighted by atomic mass is 35.5. The number of benzene rings is 2. The van der Waals surface area contributed by atoms with Crippen molar-refractivity contribution in [2.45, 2.75) is 17.5 Å². The Bertz CT molecular complexity index is 1250. The van der Waals surface area contributed by atoms with Gasteiger partial charge in [-0.05, 0) is 47.3 Å². The molecule has 0 aliphatic carbocycles. The van der Waals surface area contributed by atoms with Crippen molar-refractivity contribution in [1.29, 1.82) is 0 Å². The van der Waals surface area contributed by atoms with Gasteiger partial charge >= 0.3 is 0 Å². The molecule has 1 N–H and O–H groups in total. The molecule has 3 aromatic rings. The fourth-order valence-electron chi connectivity index (χ4n) is 5.81. The lowest BCUT2D eigenvalue weighted by atomic mass is 9.70. The second-order valence-electron chi connectivity index (χ2n) is 8.57. The predicted octanol–water partition coefficient (Wildman–Crippen LogP) is 5.23. The molecule has 6 rings (SSSR count). The number of methoxy groups -OCH3 is 1. The minimum absolute atomic E-state index is 0.00942. The van der Waals surface area contributed by atoms with Crippen LogP contribution in [0.4, 0.5) is 5.69 Å². The highest BCUT2D eigenvalue weighted by molar-refractivity contribution is 7.99. The molecular formula is C25H21ClN2O3S2. The topological polar surface area (TPSA) is 58.6 Å². The summed E-state index contributed by atoms with van der Waals surface area (Å²) in [6.45, 7) is 0. The summed E-state index contributed by atoms with van der Waals surface area (Å²) in [4.78, 5) is 31.1. The summed E-state index contributed by atoms with van der Waals surface area (Å²) >= 11 is 9.43. The highest BCUT2D eigenvalue weighted by Crippen LogP contribution is 2.61. The van der Waals surface area contributed by atoms with E-state index in [1.165, 1.54) is 11.3 Å². The highest BCUT2D eigenvalue weighted by Gasteiger charge is 2.69. The molecule has 168 valence electrons. The number of ether oxygens (including phenoxy) is 1. The van der Waals surface area contributed by atoms with Crippen molar-refractivity contribution < 1.29 is 14.3 Å². The van der Waals surface area contributed by atoms with Gasteiger partial charge in [-0.1, -0.05) is 29.8 Å². The van der Waals surface area contributed by atoms with Gasteiger partial charge in [0.1, 0.15) is 11.3 Å².